The van der Waals surface area contributed by atoms with E-state index in [9.17, 15) is 0 Å². The summed E-state index contributed by atoms with van der Waals surface area (Å²) in [4.78, 5) is 7.39. The predicted octanol–water partition coefficient (Wildman–Crippen LogP) is 8.35. The van der Waals surface area contributed by atoms with E-state index >= 15 is 0 Å². The topological polar surface area (TPSA) is 28.2 Å². The minimum atomic E-state index is -2.62. The van der Waals surface area contributed by atoms with Crippen LogP contribution in [0.3, 0.4) is 0 Å². The van der Waals surface area contributed by atoms with E-state index in [0.717, 1.165) is 40.1 Å². The normalized spacial score (nSPS) is 16.0. The Morgan fingerprint density at radius 3 is 1.42 bits per heavy atom. The van der Waals surface area contributed by atoms with Crippen molar-refractivity contribution >= 4 is 74.8 Å². The van der Waals surface area contributed by atoms with Crippen molar-refractivity contribution in [2.75, 3.05) is 14.7 Å². The summed E-state index contributed by atoms with van der Waals surface area (Å²) in [7, 11) is -2.62. The van der Waals surface area contributed by atoms with Gasteiger partial charge in [-0.2, -0.15) is 0 Å². The minimum absolute atomic E-state index is 0.879. The van der Waals surface area contributed by atoms with Crippen LogP contribution < -0.4 is 39.7 Å². The highest BCUT2D eigenvalue weighted by Crippen LogP contribution is 2.60. The van der Waals surface area contributed by atoms with Crippen molar-refractivity contribution < 1.29 is 9.47 Å². The van der Waals surface area contributed by atoms with Crippen LogP contribution in [0.2, 0.25) is 6.55 Å². The largest absolute Gasteiger partial charge is 0.453 e. The average molecular weight is 570 g/mol. The number of benzene rings is 6. The van der Waals surface area contributed by atoms with Gasteiger partial charge in [-0.3, -0.25) is 0 Å². The van der Waals surface area contributed by atoms with E-state index in [1.54, 1.807) is 0 Å². The Bertz CT molecular complexity index is 2120. The minimum Gasteiger partial charge on any atom is -0.453 e. The summed E-state index contributed by atoms with van der Waals surface area (Å²) in [5, 5.41) is 4.22. The first-order chi connectivity index (χ1) is 21.2. The van der Waals surface area contributed by atoms with Gasteiger partial charge in [0, 0.05) is 38.8 Å². The third-order valence-electron chi connectivity index (χ3n) is 9.84. The molecule has 0 unspecified atom stereocenters. The zero-order valence-corrected chi connectivity index (χ0v) is 24.2. The molecule has 0 amide bonds. The first kappa shape index (κ1) is 22.2. The summed E-state index contributed by atoms with van der Waals surface area (Å²) < 4.78 is 13.4. The average Bonchev–Trinajstić information content (AvgIpc) is 3.05. The van der Waals surface area contributed by atoms with Gasteiger partial charge in [0.2, 0.25) is 0 Å². The Kier molecular flexibility index (Phi) is 3.76. The maximum Gasteiger partial charge on any atom is 0.162 e. The maximum absolute atomic E-state index is 6.68. The molecule has 0 aromatic heterocycles. The van der Waals surface area contributed by atoms with Crippen molar-refractivity contribution in [3.63, 3.8) is 0 Å². The molecular weight excluding hydrogens is 547 g/mol. The molecule has 6 aromatic rings. The molecule has 0 fully saturated rings. The summed E-state index contributed by atoms with van der Waals surface area (Å²) in [5.74, 6) is 3.58. The number of rotatable bonds is 1. The van der Waals surface area contributed by atoms with Crippen LogP contribution in [0.1, 0.15) is 0 Å². The number of hydrogen-bond acceptors (Lipinski definition) is 5. The van der Waals surface area contributed by atoms with Crippen LogP contribution in [0.5, 0.6) is 23.0 Å². The number of para-hydroxylation sites is 5. The SMILES string of the molecule is C[Si]12c3c4cccc3N3c5ccccc5Oc5ccc(c1c53)N(c1ccccc1)c1ccc3c(c12)N4c1ccccc1O3. The number of fused-ring (bicyclic) bond motifs is 6. The molecule has 5 nitrogen and oxygen atoms in total. The Balaban J connectivity index is 1.36. The van der Waals surface area contributed by atoms with Gasteiger partial charge in [0.1, 0.15) is 0 Å². The van der Waals surface area contributed by atoms with Crippen molar-refractivity contribution in [3.8, 4) is 23.0 Å². The first-order valence-electron chi connectivity index (χ1n) is 14.7. The van der Waals surface area contributed by atoms with Gasteiger partial charge in [-0.25, -0.2) is 0 Å². The lowest BCUT2D eigenvalue weighted by molar-refractivity contribution is 0.477. The Morgan fingerprint density at radius 1 is 0.395 bits per heavy atom. The van der Waals surface area contributed by atoms with Gasteiger partial charge in [-0.15, -0.1) is 0 Å². The van der Waals surface area contributed by atoms with Crippen molar-refractivity contribution in [1.29, 1.82) is 0 Å². The maximum atomic E-state index is 6.68. The molecule has 0 saturated carbocycles. The van der Waals surface area contributed by atoms with E-state index in [-0.39, 0.29) is 0 Å². The van der Waals surface area contributed by atoms with Gasteiger partial charge in [0.15, 0.2) is 31.1 Å². The summed E-state index contributed by atoms with van der Waals surface area (Å²) in [6.45, 7) is 2.55. The summed E-state index contributed by atoms with van der Waals surface area (Å²) >= 11 is 0. The fraction of sp³-hybridized carbons (Fsp3) is 0.0270. The molecule has 0 spiro atoms. The Morgan fingerprint density at radius 2 is 0.860 bits per heavy atom. The summed E-state index contributed by atoms with van der Waals surface area (Å²) in [5.41, 5.74) is 10.6. The molecule has 6 aromatic carbocycles. The number of nitrogens with zero attached hydrogens (tertiary/aromatic N) is 3. The molecule has 0 atom stereocenters. The number of anilines is 9. The highest BCUT2D eigenvalue weighted by molar-refractivity contribution is 7.16. The van der Waals surface area contributed by atoms with Gasteiger partial charge in [0.05, 0.1) is 22.7 Å². The third-order valence-corrected chi connectivity index (χ3v) is 14.3. The molecule has 43 heavy (non-hydrogen) atoms. The third kappa shape index (κ3) is 2.41. The Hall–Kier alpha value is -5.46. The molecule has 0 aliphatic carbocycles. The second kappa shape index (κ2) is 7.29. The van der Waals surface area contributed by atoms with Crippen molar-refractivity contribution in [2.24, 2.45) is 0 Å². The van der Waals surface area contributed by atoms with Crippen LogP contribution in [-0.4, -0.2) is 8.07 Å². The van der Waals surface area contributed by atoms with E-state index in [0.29, 0.717) is 0 Å². The monoisotopic (exact) mass is 569 g/mol. The van der Waals surface area contributed by atoms with Crippen molar-refractivity contribution in [3.05, 3.63) is 121 Å². The van der Waals surface area contributed by atoms with E-state index in [4.69, 9.17) is 9.47 Å². The van der Waals surface area contributed by atoms with E-state index in [1.807, 2.05) is 0 Å². The molecule has 0 saturated heterocycles. The molecule has 202 valence electrons. The van der Waals surface area contributed by atoms with Crippen LogP contribution in [-0.2, 0) is 0 Å². The summed E-state index contributed by atoms with van der Waals surface area (Å²) in [6, 6.07) is 43.3. The number of ether oxygens (including phenoxy) is 2. The molecule has 0 radical (unpaired) electrons. The second-order valence-corrected chi connectivity index (χ2v) is 15.6. The smallest absolute Gasteiger partial charge is 0.162 e. The lowest BCUT2D eigenvalue weighted by atomic mass is 10.0. The quantitative estimate of drug-likeness (QED) is 0.185. The van der Waals surface area contributed by atoms with E-state index in [2.05, 4.69) is 143 Å². The fourth-order valence-electron chi connectivity index (χ4n) is 8.30. The lowest BCUT2D eigenvalue weighted by Crippen LogP contribution is -2.74. The van der Waals surface area contributed by atoms with Crippen molar-refractivity contribution in [1.82, 2.24) is 0 Å². The van der Waals surface area contributed by atoms with Gasteiger partial charge in [-0.1, -0.05) is 55.1 Å². The standard InChI is InChI=1S/C37H23N3O2Si/c1-43-35-25-14-9-15-26(35)40-24-13-6-8-17-30(24)42-32-21-19-28(37(43)34(32)40)38(22-10-3-2-4-11-22)27-18-20-31-33(36(27)43)39(25)23-12-5-7-16-29(23)41-31/h2-21H,1H3. The zero-order valence-electron chi connectivity index (χ0n) is 23.2. The van der Waals surface area contributed by atoms with E-state index < -0.39 is 8.07 Å². The zero-order chi connectivity index (χ0) is 28.0. The second-order valence-electron chi connectivity index (χ2n) is 11.9. The van der Waals surface area contributed by atoms with Crippen LogP contribution in [0.25, 0.3) is 0 Å². The molecule has 5 aliphatic heterocycles. The predicted molar refractivity (Wildman–Crippen MR) is 175 cm³/mol. The lowest BCUT2D eigenvalue weighted by Gasteiger charge is -2.55. The van der Waals surface area contributed by atoms with Gasteiger partial charge in [-0.05, 0) is 78.0 Å². The van der Waals surface area contributed by atoms with Crippen LogP contribution >= 0.6 is 0 Å². The van der Waals surface area contributed by atoms with E-state index in [1.165, 1.54) is 49.7 Å². The molecule has 5 aliphatic rings. The molecule has 6 heteroatoms. The Labute approximate surface area is 249 Å². The van der Waals surface area contributed by atoms with Crippen molar-refractivity contribution in [2.45, 2.75) is 6.55 Å². The molecule has 0 N–H and O–H groups in total. The van der Waals surface area contributed by atoms with Crippen LogP contribution in [0.4, 0.5) is 51.2 Å². The highest BCUT2D eigenvalue weighted by atomic mass is 28.3. The van der Waals surface area contributed by atoms with Gasteiger partial charge < -0.3 is 24.2 Å². The fourth-order valence-corrected chi connectivity index (χ4v) is 13.3. The molecule has 0 bridgehead atoms. The van der Waals surface area contributed by atoms with Gasteiger partial charge >= 0.3 is 0 Å². The summed E-state index contributed by atoms with van der Waals surface area (Å²) in [6.07, 6.45) is 0. The number of hydrogen-bond donors (Lipinski definition) is 0. The molecular formula is C37H23N3O2Si. The van der Waals surface area contributed by atoms with Crippen LogP contribution in [0, 0.1) is 0 Å². The molecule has 11 rings (SSSR count). The first-order valence-corrected chi connectivity index (χ1v) is 17.2. The molecule has 5 heterocycles. The van der Waals surface area contributed by atoms with Gasteiger partial charge in [0.25, 0.3) is 0 Å². The van der Waals surface area contributed by atoms with Crippen LogP contribution in [0.15, 0.2) is 121 Å². The highest BCUT2D eigenvalue weighted by Gasteiger charge is 2.58.